The molecule has 15 nitrogen and oxygen atoms in total. The second-order valence-corrected chi connectivity index (χ2v) is 13.4. The van der Waals surface area contributed by atoms with Gasteiger partial charge in [-0.15, -0.1) is 0 Å². The van der Waals surface area contributed by atoms with E-state index < -0.39 is 111 Å². The molecule has 11 atom stereocenters. The summed E-state index contributed by atoms with van der Waals surface area (Å²) in [6.07, 6.45) is -9.40. The highest BCUT2D eigenvalue weighted by atomic mass is 16.7. The van der Waals surface area contributed by atoms with Crippen molar-refractivity contribution in [3.8, 4) is 0 Å². The summed E-state index contributed by atoms with van der Waals surface area (Å²) < 4.78 is 26.7. The van der Waals surface area contributed by atoms with Gasteiger partial charge in [-0.1, -0.05) is 62.0 Å². The number of carbonyl (C=O) groups excluding carboxylic acids is 3. The lowest BCUT2D eigenvalue weighted by Crippen LogP contribution is -2.64. The number of hydrogen-bond donors (Lipinski definition) is 7. The highest BCUT2D eigenvalue weighted by molar-refractivity contribution is 6.01. The number of aliphatic hydroxyl groups is 7. The second-order valence-electron chi connectivity index (χ2n) is 13.4. The van der Waals surface area contributed by atoms with Crippen LogP contribution < -0.4 is 0 Å². The molecule has 1 aliphatic carbocycles. The topological polar surface area (TPSA) is 239 Å². The van der Waals surface area contributed by atoms with Crippen molar-refractivity contribution in [2.45, 2.75) is 121 Å². The fourth-order valence-electron chi connectivity index (χ4n) is 5.85. The van der Waals surface area contributed by atoms with Crippen molar-refractivity contribution in [2.75, 3.05) is 13.2 Å². The summed E-state index contributed by atoms with van der Waals surface area (Å²) in [4.78, 5) is 38.4. The molecule has 11 unspecified atom stereocenters. The maximum Gasteiger partial charge on any atom is 0.307 e. The van der Waals surface area contributed by atoms with Gasteiger partial charge in [-0.25, -0.2) is 0 Å². The van der Waals surface area contributed by atoms with Crippen LogP contribution in [-0.4, -0.2) is 134 Å². The molecule has 0 saturated carbocycles. The average Bonchev–Trinajstić information content (AvgIpc) is 3.05. The molecule has 2 saturated heterocycles. The molecule has 15 heteroatoms. The van der Waals surface area contributed by atoms with Crippen LogP contribution in [0.15, 0.2) is 59.3 Å². The first-order valence-corrected chi connectivity index (χ1v) is 16.3. The summed E-state index contributed by atoms with van der Waals surface area (Å²) in [6.45, 7) is 11.8. The molecule has 50 heavy (non-hydrogen) atoms. The van der Waals surface area contributed by atoms with Crippen LogP contribution in [0, 0.1) is 5.41 Å². The number of hydrogen-bond acceptors (Lipinski definition) is 15. The standard InChI is InChI=1S/C35H50O15/c1-17(2)8-7-9-18(3)10-11-20-19(4)26(39)21(14-35(20,5)6)47-25(38)13-12-24(37)46-16-23-32(29(42)30(43)33(45)48-23)50-34-31(44)28(41)27(40)22(15-36)49-34/h7-11,21-23,27-34,36,40-45H,1,12-16H2,2-6H3. The molecule has 7 N–H and O–H groups in total. The van der Waals surface area contributed by atoms with Crippen molar-refractivity contribution in [3.05, 3.63) is 59.3 Å². The monoisotopic (exact) mass is 710 g/mol. The van der Waals surface area contributed by atoms with Gasteiger partial charge in [-0.3, -0.25) is 14.4 Å². The van der Waals surface area contributed by atoms with E-state index in [-0.39, 0.29) is 12.2 Å². The van der Waals surface area contributed by atoms with Crippen LogP contribution in [0.3, 0.4) is 0 Å². The van der Waals surface area contributed by atoms with Crippen LogP contribution >= 0.6 is 0 Å². The number of carbonyl (C=O) groups is 3. The highest BCUT2D eigenvalue weighted by Gasteiger charge is 2.50. The fraction of sp³-hybridized carbons (Fsp3) is 0.629. The molecule has 0 aromatic carbocycles. The molecule has 3 aliphatic rings. The largest absolute Gasteiger partial charge is 0.463 e. The third kappa shape index (κ3) is 10.5. The van der Waals surface area contributed by atoms with Gasteiger partial charge in [-0.2, -0.15) is 0 Å². The zero-order valence-corrected chi connectivity index (χ0v) is 28.9. The molecule has 2 aliphatic heterocycles. The Morgan fingerprint density at radius 2 is 1.58 bits per heavy atom. The summed E-state index contributed by atoms with van der Waals surface area (Å²) in [5, 5.41) is 70.5. The predicted octanol–water partition coefficient (Wildman–Crippen LogP) is -0.204. The van der Waals surface area contributed by atoms with Crippen molar-refractivity contribution in [1.82, 2.24) is 0 Å². The van der Waals surface area contributed by atoms with E-state index in [0.29, 0.717) is 5.57 Å². The third-order valence-electron chi connectivity index (χ3n) is 8.76. The van der Waals surface area contributed by atoms with Gasteiger partial charge >= 0.3 is 11.9 Å². The first kappa shape index (κ1) is 41.3. The van der Waals surface area contributed by atoms with E-state index in [4.69, 9.17) is 23.7 Å². The minimum absolute atomic E-state index is 0.225. The normalized spacial score (nSPS) is 35.1. The lowest BCUT2D eigenvalue weighted by atomic mass is 9.71. The lowest BCUT2D eigenvalue weighted by molar-refractivity contribution is -0.355. The minimum Gasteiger partial charge on any atom is -0.463 e. The Morgan fingerprint density at radius 3 is 2.22 bits per heavy atom. The van der Waals surface area contributed by atoms with E-state index >= 15 is 0 Å². The molecule has 2 fully saturated rings. The van der Waals surface area contributed by atoms with E-state index in [0.717, 1.165) is 16.7 Å². The van der Waals surface area contributed by atoms with Crippen LogP contribution in [0.2, 0.25) is 0 Å². The second kappa shape index (κ2) is 17.9. The van der Waals surface area contributed by atoms with Crippen LogP contribution in [0.4, 0.5) is 0 Å². The number of rotatable bonds is 13. The molecule has 0 aromatic heterocycles. The van der Waals surface area contributed by atoms with Gasteiger partial charge in [0.15, 0.2) is 24.5 Å². The quantitative estimate of drug-likeness (QED) is 0.0968. The average molecular weight is 711 g/mol. The van der Waals surface area contributed by atoms with Gasteiger partial charge in [0.2, 0.25) is 0 Å². The van der Waals surface area contributed by atoms with Gasteiger partial charge in [0.25, 0.3) is 0 Å². The fourth-order valence-corrected chi connectivity index (χ4v) is 5.85. The summed E-state index contributed by atoms with van der Waals surface area (Å²) >= 11 is 0. The SMILES string of the molecule is C=C(C)C=CC=C(C)C=CC1=C(C)C(=O)C(OC(=O)CCC(=O)OCC2OC(O)C(O)C(O)C2OC2OC(CO)C(O)C(O)C2O)CC1(C)C. The molecule has 3 rings (SSSR count). The minimum atomic E-state index is -1.92. The summed E-state index contributed by atoms with van der Waals surface area (Å²) in [6, 6.07) is 0. The van der Waals surface area contributed by atoms with E-state index in [1.807, 2.05) is 58.1 Å². The van der Waals surface area contributed by atoms with Crippen molar-refractivity contribution in [1.29, 1.82) is 0 Å². The van der Waals surface area contributed by atoms with Crippen molar-refractivity contribution >= 4 is 17.7 Å². The van der Waals surface area contributed by atoms with Gasteiger partial charge in [0.1, 0.15) is 55.4 Å². The zero-order valence-electron chi connectivity index (χ0n) is 28.9. The molecule has 0 spiro atoms. The third-order valence-corrected chi connectivity index (χ3v) is 8.76. The zero-order chi connectivity index (χ0) is 37.5. The highest BCUT2D eigenvalue weighted by Crippen LogP contribution is 2.41. The Labute approximate surface area is 290 Å². The number of ether oxygens (including phenoxy) is 5. The molecule has 280 valence electrons. The van der Waals surface area contributed by atoms with Crippen LogP contribution in [0.5, 0.6) is 0 Å². The number of Topliss-reactive ketones (excluding diaryl/α,β-unsaturated/α-hetero) is 1. The summed E-state index contributed by atoms with van der Waals surface area (Å²) in [7, 11) is 0. The van der Waals surface area contributed by atoms with Gasteiger partial charge in [0, 0.05) is 6.42 Å². The van der Waals surface area contributed by atoms with Gasteiger partial charge in [0.05, 0.1) is 19.4 Å². The molecule has 0 aromatic rings. The number of ketones is 1. The molecule has 0 radical (unpaired) electrons. The Balaban J connectivity index is 1.57. The van der Waals surface area contributed by atoms with Crippen LogP contribution in [0.1, 0.15) is 53.9 Å². The summed E-state index contributed by atoms with van der Waals surface area (Å²) in [5.74, 6) is -2.06. The van der Waals surface area contributed by atoms with Crippen molar-refractivity contribution in [3.63, 3.8) is 0 Å². The summed E-state index contributed by atoms with van der Waals surface area (Å²) in [5.41, 5.74) is 2.65. The predicted molar refractivity (Wildman–Crippen MR) is 175 cm³/mol. The van der Waals surface area contributed by atoms with E-state index in [2.05, 4.69) is 6.58 Å². The lowest BCUT2D eigenvalue weighted by Gasteiger charge is -2.45. The number of aliphatic hydroxyl groups excluding tert-OH is 7. The van der Waals surface area contributed by atoms with E-state index in [1.165, 1.54) is 0 Å². The van der Waals surface area contributed by atoms with Gasteiger partial charge in [-0.05, 0) is 37.3 Å². The Kier molecular flexibility index (Phi) is 14.8. The molecular weight excluding hydrogens is 660 g/mol. The number of allylic oxidation sites excluding steroid dienone is 8. The Morgan fingerprint density at radius 1 is 0.920 bits per heavy atom. The molecule has 0 amide bonds. The molecular formula is C35H50O15. The van der Waals surface area contributed by atoms with Crippen molar-refractivity contribution < 1.29 is 73.8 Å². The number of esters is 2. The Bertz CT molecular complexity index is 1360. The maximum absolute atomic E-state index is 13.2. The molecule has 2 heterocycles. The van der Waals surface area contributed by atoms with Crippen LogP contribution in [-0.2, 0) is 38.1 Å². The smallest absolute Gasteiger partial charge is 0.307 e. The Hall–Kier alpha value is -3.09. The van der Waals surface area contributed by atoms with Crippen molar-refractivity contribution in [2.24, 2.45) is 5.41 Å². The molecule has 0 bridgehead atoms. The first-order valence-electron chi connectivity index (χ1n) is 16.3. The van der Waals surface area contributed by atoms with Crippen LogP contribution in [0.25, 0.3) is 0 Å². The first-order chi connectivity index (χ1) is 23.4. The van der Waals surface area contributed by atoms with Gasteiger partial charge < -0.3 is 59.4 Å². The van der Waals surface area contributed by atoms with E-state index in [9.17, 15) is 50.1 Å². The maximum atomic E-state index is 13.2. The van der Waals surface area contributed by atoms with E-state index in [1.54, 1.807) is 6.92 Å².